The second-order valence-electron chi connectivity index (χ2n) is 4.49. The van der Waals surface area contributed by atoms with E-state index in [4.69, 9.17) is 5.11 Å². The number of alkyl halides is 3. The van der Waals surface area contributed by atoms with Crippen molar-refractivity contribution >= 4 is 10.0 Å². The summed E-state index contributed by atoms with van der Waals surface area (Å²) in [6.45, 7) is 2.18. The van der Waals surface area contributed by atoms with Crippen molar-refractivity contribution in [3.63, 3.8) is 0 Å². The molecule has 0 unspecified atom stereocenters. The van der Waals surface area contributed by atoms with Gasteiger partial charge in [0.15, 0.2) is 0 Å². The van der Waals surface area contributed by atoms with E-state index in [1.807, 2.05) is 0 Å². The van der Waals surface area contributed by atoms with Gasteiger partial charge in [-0.15, -0.1) is 0 Å². The Morgan fingerprint density at radius 1 is 1.33 bits per heavy atom. The van der Waals surface area contributed by atoms with E-state index < -0.39 is 22.7 Å². The van der Waals surface area contributed by atoms with Crippen LogP contribution in [0.15, 0.2) is 4.90 Å². The van der Waals surface area contributed by atoms with Gasteiger partial charge < -0.3 is 5.11 Å². The average Bonchev–Trinajstić information content (AvgIpc) is 2.61. The molecule has 0 bridgehead atoms. The Morgan fingerprint density at radius 3 is 2.33 bits per heavy atom. The van der Waals surface area contributed by atoms with Gasteiger partial charge in [-0.05, 0) is 13.8 Å². The Kier molecular flexibility index (Phi) is 5.40. The highest BCUT2D eigenvalue weighted by Crippen LogP contribution is 2.26. The molecule has 0 amide bonds. The van der Waals surface area contributed by atoms with Crippen LogP contribution in [0.25, 0.3) is 0 Å². The number of hydrogen-bond acceptors (Lipinski definition) is 4. The lowest BCUT2D eigenvalue weighted by Crippen LogP contribution is -2.39. The number of halogens is 3. The number of sulfonamides is 1. The molecule has 1 N–H and O–H groups in total. The molecule has 0 aromatic carbocycles. The number of aromatic nitrogens is 2. The lowest BCUT2D eigenvalue weighted by Gasteiger charge is -2.22. The summed E-state index contributed by atoms with van der Waals surface area (Å²) in [7, 11) is -4.29. The highest BCUT2D eigenvalue weighted by atomic mass is 32.2. The van der Waals surface area contributed by atoms with Gasteiger partial charge in [0.2, 0.25) is 10.0 Å². The van der Waals surface area contributed by atoms with Gasteiger partial charge in [-0.2, -0.15) is 22.6 Å². The SMILES string of the molecule is CCN(CC(F)(F)F)S(=O)(=O)c1c(C)nn(CCO)c1C. The zero-order valence-electron chi connectivity index (χ0n) is 12.0. The molecule has 122 valence electrons. The topological polar surface area (TPSA) is 75.4 Å². The quantitative estimate of drug-likeness (QED) is 0.847. The van der Waals surface area contributed by atoms with Gasteiger partial charge in [-0.3, -0.25) is 4.68 Å². The van der Waals surface area contributed by atoms with Crippen LogP contribution in [0.5, 0.6) is 0 Å². The minimum Gasteiger partial charge on any atom is -0.394 e. The molecule has 0 fully saturated rings. The molecule has 21 heavy (non-hydrogen) atoms. The van der Waals surface area contributed by atoms with Crippen LogP contribution in [0.2, 0.25) is 0 Å². The van der Waals surface area contributed by atoms with Gasteiger partial charge in [0.05, 0.1) is 24.5 Å². The first-order chi connectivity index (χ1) is 9.54. The van der Waals surface area contributed by atoms with Crippen LogP contribution >= 0.6 is 0 Å². The lowest BCUT2D eigenvalue weighted by atomic mass is 10.4. The molecule has 0 saturated heterocycles. The van der Waals surface area contributed by atoms with Crippen LogP contribution in [0, 0.1) is 13.8 Å². The first-order valence-corrected chi connectivity index (χ1v) is 7.70. The predicted octanol–water partition coefficient (Wildman–Crippen LogP) is 1.07. The molecular formula is C11H18F3N3O3S. The maximum atomic E-state index is 12.5. The largest absolute Gasteiger partial charge is 0.402 e. The molecule has 0 aliphatic heterocycles. The number of aryl methyl sites for hydroxylation is 1. The van der Waals surface area contributed by atoms with Crippen molar-refractivity contribution in [2.45, 2.75) is 38.4 Å². The van der Waals surface area contributed by atoms with Gasteiger partial charge in [-0.25, -0.2) is 8.42 Å². The van der Waals surface area contributed by atoms with E-state index in [1.165, 1.54) is 25.5 Å². The Labute approximate surface area is 121 Å². The zero-order valence-corrected chi connectivity index (χ0v) is 12.8. The molecule has 1 aromatic heterocycles. The van der Waals surface area contributed by atoms with E-state index in [9.17, 15) is 21.6 Å². The van der Waals surface area contributed by atoms with Crippen molar-refractivity contribution in [1.82, 2.24) is 14.1 Å². The molecule has 10 heteroatoms. The summed E-state index contributed by atoms with van der Waals surface area (Å²) in [5.74, 6) is 0. The van der Waals surface area contributed by atoms with Gasteiger partial charge >= 0.3 is 6.18 Å². The van der Waals surface area contributed by atoms with Crippen molar-refractivity contribution in [2.75, 3.05) is 19.7 Å². The number of aliphatic hydroxyl groups excluding tert-OH is 1. The summed E-state index contributed by atoms with van der Waals surface area (Å²) in [6.07, 6.45) is -4.62. The van der Waals surface area contributed by atoms with Crippen molar-refractivity contribution in [1.29, 1.82) is 0 Å². The van der Waals surface area contributed by atoms with Crippen LogP contribution in [-0.4, -0.2) is 53.5 Å². The summed E-state index contributed by atoms with van der Waals surface area (Å²) in [4.78, 5) is -0.234. The highest BCUT2D eigenvalue weighted by Gasteiger charge is 2.38. The number of hydrogen-bond donors (Lipinski definition) is 1. The third kappa shape index (κ3) is 3.95. The summed E-state index contributed by atoms with van der Waals surface area (Å²) >= 11 is 0. The average molecular weight is 329 g/mol. The molecule has 6 nitrogen and oxygen atoms in total. The summed E-state index contributed by atoms with van der Waals surface area (Å²) < 4.78 is 64.0. The normalized spacial score (nSPS) is 13.1. The number of rotatable bonds is 6. The zero-order chi connectivity index (χ0) is 16.4. The van der Waals surface area contributed by atoms with E-state index in [2.05, 4.69) is 5.10 Å². The van der Waals surface area contributed by atoms with Crippen LogP contribution in [0.3, 0.4) is 0 Å². The molecule has 1 rings (SSSR count). The highest BCUT2D eigenvalue weighted by molar-refractivity contribution is 7.89. The molecule has 0 radical (unpaired) electrons. The molecule has 0 saturated carbocycles. The van der Waals surface area contributed by atoms with Crippen LogP contribution in [0.4, 0.5) is 13.2 Å². The standard InChI is InChI=1S/C11H18F3N3O3S/c1-4-16(7-11(12,13)14)21(19,20)10-8(2)15-17(5-6-18)9(10)3/h18H,4-7H2,1-3H3. The van der Waals surface area contributed by atoms with Crippen molar-refractivity contribution in [2.24, 2.45) is 0 Å². The van der Waals surface area contributed by atoms with Crippen molar-refractivity contribution in [3.8, 4) is 0 Å². The summed E-state index contributed by atoms with van der Waals surface area (Å²) in [5.41, 5.74) is 0.323. The smallest absolute Gasteiger partial charge is 0.394 e. The summed E-state index contributed by atoms with van der Waals surface area (Å²) in [5, 5.41) is 12.8. The molecule has 1 heterocycles. The fourth-order valence-electron chi connectivity index (χ4n) is 2.06. The van der Waals surface area contributed by atoms with E-state index in [-0.39, 0.29) is 36.0 Å². The van der Waals surface area contributed by atoms with E-state index >= 15 is 0 Å². The van der Waals surface area contributed by atoms with Gasteiger partial charge in [0, 0.05) is 6.54 Å². The Balaban J connectivity index is 3.29. The molecular weight excluding hydrogens is 311 g/mol. The van der Waals surface area contributed by atoms with Crippen molar-refractivity contribution in [3.05, 3.63) is 11.4 Å². The molecule has 0 aliphatic carbocycles. The minimum absolute atomic E-state index is 0.0770. The second kappa shape index (κ2) is 6.32. The van der Waals surface area contributed by atoms with Crippen LogP contribution in [0.1, 0.15) is 18.3 Å². The van der Waals surface area contributed by atoms with Gasteiger partial charge in [0.25, 0.3) is 0 Å². The lowest BCUT2D eigenvalue weighted by molar-refractivity contribution is -0.135. The fraction of sp³-hybridized carbons (Fsp3) is 0.727. The van der Waals surface area contributed by atoms with Gasteiger partial charge in [-0.1, -0.05) is 6.92 Å². The van der Waals surface area contributed by atoms with E-state index in [0.717, 1.165) is 0 Å². The number of aliphatic hydroxyl groups is 1. The first kappa shape index (κ1) is 17.9. The van der Waals surface area contributed by atoms with Gasteiger partial charge in [0.1, 0.15) is 11.4 Å². The third-order valence-electron chi connectivity index (χ3n) is 2.93. The molecule has 0 spiro atoms. The fourth-order valence-corrected chi connectivity index (χ4v) is 3.87. The predicted molar refractivity (Wildman–Crippen MR) is 69.3 cm³/mol. The monoisotopic (exact) mass is 329 g/mol. The Morgan fingerprint density at radius 2 is 1.90 bits per heavy atom. The van der Waals surface area contributed by atoms with Crippen molar-refractivity contribution < 1.29 is 26.7 Å². The van der Waals surface area contributed by atoms with Crippen LogP contribution < -0.4 is 0 Å². The maximum Gasteiger partial charge on any atom is 0.402 e. The maximum absolute atomic E-state index is 12.5. The summed E-state index contributed by atoms with van der Waals surface area (Å²) in [6, 6.07) is 0. The third-order valence-corrected chi connectivity index (χ3v) is 5.11. The first-order valence-electron chi connectivity index (χ1n) is 6.26. The number of nitrogens with zero attached hydrogens (tertiary/aromatic N) is 3. The molecule has 1 aromatic rings. The Bertz CT molecular complexity index is 596. The van der Waals surface area contributed by atoms with E-state index in [1.54, 1.807) is 0 Å². The van der Waals surface area contributed by atoms with Crippen LogP contribution in [-0.2, 0) is 16.6 Å². The van der Waals surface area contributed by atoms with E-state index in [0.29, 0.717) is 4.31 Å². The second-order valence-corrected chi connectivity index (χ2v) is 6.37. The Hall–Kier alpha value is -1.13. The minimum atomic E-state index is -4.62. The molecule has 0 atom stereocenters. The molecule has 0 aliphatic rings.